The molecule has 1 aromatic heterocycles. The summed E-state index contributed by atoms with van der Waals surface area (Å²) >= 11 is 0. The van der Waals surface area contributed by atoms with Gasteiger partial charge >= 0.3 is 0 Å². The van der Waals surface area contributed by atoms with Crippen LogP contribution in [0.3, 0.4) is 0 Å². The van der Waals surface area contributed by atoms with E-state index in [4.69, 9.17) is 10.5 Å². The lowest BCUT2D eigenvalue weighted by Gasteiger charge is -2.08. The van der Waals surface area contributed by atoms with Crippen LogP contribution in [-0.2, 0) is 0 Å². The summed E-state index contributed by atoms with van der Waals surface area (Å²) in [5, 5.41) is 0. The number of nitrogens with two attached hydrogens (primary N) is 1. The molecule has 3 nitrogen and oxygen atoms in total. The first kappa shape index (κ1) is 12.5. The fourth-order valence-electron chi connectivity index (χ4n) is 1.52. The van der Waals surface area contributed by atoms with Gasteiger partial charge in [-0.25, -0.2) is 9.37 Å². The minimum absolute atomic E-state index is 0.0812. The Labute approximate surface area is 105 Å². The lowest BCUT2D eigenvalue weighted by Crippen LogP contribution is -2.05. The average molecular weight is 246 g/mol. The van der Waals surface area contributed by atoms with E-state index in [-0.39, 0.29) is 11.8 Å². The number of nitrogens with zero attached hydrogens (tertiary/aromatic N) is 1. The number of halogens is 1. The summed E-state index contributed by atoms with van der Waals surface area (Å²) in [4.78, 5) is 4.10. The third-order valence-electron chi connectivity index (χ3n) is 2.59. The molecule has 4 heteroatoms. The first-order chi connectivity index (χ1) is 8.56. The van der Waals surface area contributed by atoms with Gasteiger partial charge in [0.15, 0.2) is 11.6 Å². The number of benzene rings is 1. The van der Waals surface area contributed by atoms with Crippen molar-refractivity contribution in [1.29, 1.82) is 0 Å². The molecule has 0 aliphatic rings. The molecule has 2 N–H and O–H groups in total. The number of aryl methyl sites for hydroxylation is 1. The van der Waals surface area contributed by atoms with E-state index in [0.717, 1.165) is 11.1 Å². The lowest BCUT2D eigenvalue weighted by atomic mass is 10.2. The maximum absolute atomic E-state index is 13.5. The van der Waals surface area contributed by atoms with Crippen molar-refractivity contribution in [3.05, 3.63) is 53.5 Å². The van der Waals surface area contributed by atoms with Crippen LogP contribution in [0.25, 0.3) is 0 Å². The fourth-order valence-corrected chi connectivity index (χ4v) is 1.52. The van der Waals surface area contributed by atoms with Gasteiger partial charge in [-0.1, -0.05) is 12.1 Å². The van der Waals surface area contributed by atoms with Crippen LogP contribution in [0.15, 0.2) is 36.5 Å². The quantitative estimate of drug-likeness (QED) is 0.903. The largest absolute Gasteiger partial charge is 0.436 e. The van der Waals surface area contributed by atoms with Crippen molar-refractivity contribution < 1.29 is 9.13 Å². The number of hydrogen-bond acceptors (Lipinski definition) is 3. The summed E-state index contributed by atoms with van der Waals surface area (Å²) in [6.45, 7) is 3.75. The molecule has 1 aromatic carbocycles. The zero-order valence-electron chi connectivity index (χ0n) is 10.4. The molecule has 0 aliphatic carbocycles. The number of hydrogen-bond donors (Lipinski definition) is 1. The van der Waals surface area contributed by atoms with Gasteiger partial charge in [0, 0.05) is 18.3 Å². The number of ether oxygens (including phenoxy) is 1. The van der Waals surface area contributed by atoms with Crippen molar-refractivity contribution in [1.82, 2.24) is 4.98 Å². The third kappa shape index (κ3) is 2.84. The van der Waals surface area contributed by atoms with Crippen LogP contribution in [0, 0.1) is 12.7 Å². The van der Waals surface area contributed by atoms with Gasteiger partial charge < -0.3 is 10.5 Å². The minimum atomic E-state index is -0.404. The Morgan fingerprint density at radius 1 is 1.28 bits per heavy atom. The van der Waals surface area contributed by atoms with Crippen LogP contribution in [0.2, 0.25) is 0 Å². The summed E-state index contributed by atoms with van der Waals surface area (Å²) in [5.41, 5.74) is 7.56. The summed E-state index contributed by atoms with van der Waals surface area (Å²) < 4.78 is 18.9. The van der Waals surface area contributed by atoms with Gasteiger partial charge in [0.2, 0.25) is 5.88 Å². The highest BCUT2D eigenvalue weighted by Crippen LogP contribution is 2.24. The van der Waals surface area contributed by atoms with Crippen molar-refractivity contribution in [3.8, 4) is 11.6 Å². The fraction of sp³-hybridized carbons (Fsp3) is 0.214. The first-order valence-corrected chi connectivity index (χ1v) is 5.72. The summed E-state index contributed by atoms with van der Waals surface area (Å²) in [6, 6.07) is 8.12. The van der Waals surface area contributed by atoms with E-state index in [2.05, 4.69) is 4.98 Å². The van der Waals surface area contributed by atoms with E-state index >= 15 is 0 Å². The van der Waals surface area contributed by atoms with E-state index in [0.29, 0.717) is 5.88 Å². The van der Waals surface area contributed by atoms with Gasteiger partial charge in [0.05, 0.1) is 0 Å². The molecule has 0 radical (unpaired) electrons. The molecule has 0 saturated heterocycles. The van der Waals surface area contributed by atoms with Crippen LogP contribution >= 0.6 is 0 Å². The molecule has 0 unspecified atom stereocenters. The normalized spacial score (nSPS) is 12.2. The second kappa shape index (κ2) is 5.14. The van der Waals surface area contributed by atoms with Crippen molar-refractivity contribution in [2.45, 2.75) is 19.9 Å². The lowest BCUT2D eigenvalue weighted by molar-refractivity contribution is 0.426. The molecule has 94 valence electrons. The maximum atomic E-state index is 13.5. The molecule has 1 heterocycles. The Hall–Kier alpha value is -1.94. The molecule has 0 saturated carbocycles. The smallest absolute Gasteiger partial charge is 0.219 e. The Morgan fingerprint density at radius 3 is 2.67 bits per heavy atom. The number of aromatic nitrogens is 1. The standard InChI is InChI=1S/C14H15FN2O/c1-9-3-5-12(15)13(7-9)18-14-6-4-11(8-17-14)10(2)16/h3-8,10H,16H2,1-2H3/t10-/m1/s1. The van der Waals surface area contributed by atoms with Crippen LogP contribution in [0.4, 0.5) is 4.39 Å². The predicted molar refractivity (Wildman–Crippen MR) is 68.1 cm³/mol. The van der Waals surface area contributed by atoms with E-state index in [9.17, 15) is 4.39 Å². The molecule has 18 heavy (non-hydrogen) atoms. The SMILES string of the molecule is Cc1ccc(F)c(Oc2ccc([C@@H](C)N)cn2)c1. The molecular formula is C14H15FN2O. The van der Waals surface area contributed by atoms with E-state index in [1.165, 1.54) is 6.07 Å². The Kier molecular flexibility index (Phi) is 3.58. The summed E-state index contributed by atoms with van der Waals surface area (Å²) in [5.74, 6) is 0.124. The molecule has 0 amide bonds. The second-order valence-corrected chi connectivity index (χ2v) is 4.25. The van der Waals surface area contributed by atoms with Crippen LogP contribution in [0.5, 0.6) is 11.6 Å². The van der Waals surface area contributed by atoms with Gasteiger partial charge in [-0.2, -0.15) is 0 Å². The van der Waals surface area contributed by atoms with Crippen molar-refractivity contribution in [2.75, 3.05) is 0 Å². The van der Waals surface area contributed by atoms with Crippen molar-refractivity contribution in [2.24, 2.45) is 5.73 Å². The van der Waals surface area contributed by atoms with Crippen LogP contribution in [0.1, 0.15) is 24.1 Å². The third-order valence-corrected chi connectivity index (χ3v) is 2.59. The van der Waals surface area contributed by atoms with Gasteiger partial charge in [0.25, 0.3) is 0 Å². The summed E-state index contributed by atoms with van der Waals surface area (Å²) in [6.07, 6.45) is 1.63. The molecular weight excluding hydrogens is 231 g/mol. The molecule has 0 bridgehead atoms. The van der Waals surface area contributed by atoms with Crippen molar-refractivity contribution >= 4 is 0 Å². The van der Waals surface area contributed by atoms with E-state index in [1.807, 2.05) is 19.9 Å². The van der Waals surface area contributed by atoms with E-state index < -0.39 is 5.82 Å². The monoisotopic (exact) mass is 246 g/mol. The summed E-state index contributed by atoms with van der Waals surface area (Å²) in [7, 11) is 0. The van der Waals surface area contributed by atoms with Crippen LogP contribution < -0.4 is 10.5 Å². The van der Waals surface area contributed by atoms with Crippen molar-refractivity contribution in [3.63, 3.8) is 0 Å². The van der Waals surface area contributed by atoms with Crippen LogP contribution in [-0.4, -0.2) is 4.98 Å². The average Bonchev–Trinajstić information content (AvgIpc) is 2.34. The minimum Gasteiger partial charge on any atom is -0.436 e. The van der Waals surface area contributed by atoms with Gasteiger partial charge in [-0.3, -0.25) is 0 Å². The predicted octanol–water partition coefficient (Wildman–Crippen LogP) is 3.34. The first-order valence-electron chi connectivity index (χ1n) is 5.72. The topological polar surface area (TPSA) is 48.1 Å². The van der Waals surface area contributed by atoms with Gasteiger partial charge in [-0.05, 0) is 37.1 Å². The highest BCUT2D eigenvalue weighted by atomic mass is 19.1. The molecule has 2 rings (SSSR count). The zero-order valence-corrected chi connectivity index (χ0v) is 10.4. The zero-order chi connectivity index (χ0) is 13.1. The highest BCUT2D eigenvalue weighted by molar-refractivity contribution is 5.33. The molecule has 2 aromatic rings. The Balaban J connectivity index is 2.21. The number of pyridine rings is 1. The molecule has 1 atom stereocenters. The maximum Gasteiger partial charge on any atom is 0.219 e. The molecule has 0 spiro atoms. The number of rotatable bonds is 3. The highest BCUT2D eigenvalue weighted by Gasteiger charge is 2.06. The van der Waals surface area contributed by atoms with Gasteiger partial charge in [0.1, 0.15) is 0 Å². The van der Waals surface area contributed by atoms with E-state index in [1.54, 1.807) is 24.4 Å². The second-order valence-electron chi connectivity index (χ2n) is 4.25. The molecule has 0 aliphatic heterocycles. The van der Waals surface area contributed by atoms with Gasteiger partial charge in [-0.15, -0.1) is 0 Å². The molecule has 0 fully saturated rings. The Bertz CT molecular complexity index is 538. The Morgan fingerprint density at radius 2 is 2.06 bits per heavy atom.